The van der Waals surface area contributed by atoms with Crippen molar-refractivity contribution in [2.24, 2.45) is 0 Å². The summed E-state index contributed by atoms with van der Waals surface area (Å²) in [6.45, 7) is 0.664. The van der Waals surface area contributed by atoms with Gasteiger partial charge in [-0.3, -0.25) is 4.79 Å². The van der Waals surface area contributed by atoms with Gasteiger partial charge < -0.3 is 22.1 Å². The molecule has 3 aromatic rings. The van der Waals surface area contributed by atoms with Crippen molar-refractivity contribution in [3.63, 3.8) is 0 Å². The second-order valence-corrected chi connectivity index (χ2v) is 5.71. The van der Waals surface area contributed by atoms with E-state index in [2.05, 4.69) is 10.6 Å². The molecule has 0 radical (unpaired) electrons. The maximum Gasteiger partial charge on any atom is 0.255 e. The molecule has 25 heavy (non-hydrogen) atoms. The van der Waals surface area contributed by atoms with E-state index in [1.807, 2.05) is 48.5 Å². The third kappa shape index (κ3) is 4.29. The van der Waals surface area contributed by atoms with Crippen LogP contribution in [0.25, 0.3) is 0 Å². The molecular weight excluding hydrogens is 312 g/mol. The fraction of sp³-hybridized carbons (Fsp3) is 0.0500. The maximum absolute atomic E-state index is 12.3. The molecule has 0 aliphatic carbocycles. The Morgan fingerprint density at radius 2 is 1.52 bits per heavy atom. The van der Waals surface area contributed by atoms with Crippen LogP contribution in [0, 0.1) is 0 Å². The fourth-order valence-electron chi connectivity index (χ4n) is 2.38. The zero-order valence-electron chi connectivity index (χ0n) is 13.7. The van der Waals surface area contributed by atoms with E-state index < -0.39 is 0 Å². The second kappa shape index (κ2) is 7.40. The quantitative estimate of drug-likeness (QED) is 0.536. The zero-order valence-corrected chi connectivity index (χ0v) is 13.7. The molecular formula is C20H20N4O. The molecule has 0 unspecified atom stereocenters. The van der Waals surface area contributed by atoms with E-state index in [4.69, 9.17) is 11.5 Å². The molecule has 6 N–H and O–H groups in total. The van der Waals surface area contributed by atoms with Crippen LogP contribution in [0.3, 0.4) is 0 Å². The third-order valence-electron chi connectivity index (χ3n) is 3.83. The molecule has 0 aliphatic heterocycles. The topological polar surface area (TPSA) is 93.2 Å². The summed E-state index contributed by atoms with van der Waals surface area (Å²) in [5, 5.41) is 6.13. The Balaban J connectivity index is 1.60. The number of carbonyl (C=O) groups excluding carboxylic acids is 1. The molecule has 0 aromatic heterocycles. The lowest BCUT2D eigenvalue weighted by atomic mass is 10.1. The van der Waals surface area contributed by atoms with Gasteiger partial charge in [0.1, 0.15) is 0 Å². The van der Waals surface area contributed by atoms with Crippen molar-refractivity contribution in [1.82, 2.24) is 0 Å². The molecule has 0 heterocycles. The highest BCUT2D eigenvalue weighted by Crippen LogP contribution is 2.18. The summed E-state index contributed by atoms with van der Waals surface area (Å²) in [5.74, 6) is -0.184. The van der Waals surface area contributed by atoms with Gasteiger partial charge in [0.2, 0.25) is 0 Å². The first-order valence-corrected chi connectivity index (χ1v) is 7.96. The predicted molar refractivity (Wildman–Crippen MR) is 103 cm³/mol. The van der Waals surface area contributed by atoms with E-state index >= 15 is 0 Å². The van der Waals surface area contributed by atoms with Crippen molar-refractivity contribution in [3.8, 4) is 0 Å². The number of nitrogens with two attached hydrogens (primary N) is 2. The lowest BCUT2D eigenvalue weighted by Gasteiger charge is -2.09. The number of amides is 1. The van der Waals surface area contributed by atoms with Crippen LogP contribution in [-0.4, -0.2) is 5.91 Å². The largest absolute Gasteiger partial charge is 0.399 e. The summed E-state index contributed by atoms with van der Waals surface area (Å²) < 4.78 is 0. The number of nitrogen functional groups attached to an aromatic ring is 2. The minimum absolute atomic E-state index is 0.184. The van der Waals surface area contributed by atoms with Crippen LogP contribution in [0.15, 0.2) is 72.8 Å². The molecule has 1 amide bonds. The smallest absolute Gasteiger partial charge is 0.255 e. The molecule has 0 saturated heterocycles. The van der Waals surface area contributed by atoms with Gasteiger partial charge in [0.25, 0.3) is 5.91 Å². The van der Waals surface area contributed by atoms with Crippen LogP contribution in [0.1, 0.15) is 15.9 Å². The summed E-state index contributed by atoms with van der Waals surface area (Å²) in [6, 6.07) is 22.2. The van der Waals surface area contributed by atoms with Gasteiger partial charge in [-0.2, -0.15) is 0 Å². The van der Waals surface area contributed by atoms with Crippen LogP contribution >= 0.6 is 0 Å². The molecule has 0 spiro atoms. The average molecular weight is 332 g/mol. The maximum atomic E-state index is 12.3. The minimum atomic E-state index is -0.184. The Hall–Kier alpha value is -3.47. The van der Waals surface area contributed by atoms with Gasteiger partial charge >= 0.3 is 0 Å². The van der Waals surface area contributed by atoms with Gasteiger partial charge in [-0.1, -0.05) is 24.3 Å². The van der Waals surface area contributed by atoms with Crippen molar-refractivity contribution in [3.05, 3.63) is 83.9 Å². The van der Waals surface area contributed by atoms with Crippen LogP contribution in [0.2, 0.25) is 0 Å². The molecule has 0 atom stereocenters. The van der Waals surface area contributed by atoms with Crippen molar-refractivity contribution >= 4 is 28.7 Å². The SMILES string of the molecule is Nc1ccc(NCc2ccc(C(=O)Nc3ccccc3N)cc2)cc1. The summed E-state index contributed by atoms with van der Waals surface area (Å²) in [7, 11) is 0. The summed E-state index contributed by atoms with van der Waals surface area (Å²) in [4.78, 5) is 12.3. The molecule has 0 fully saturated rings. The Morgan fingerprint density at radius 3 is 2.20 bits per heavy atom. The molecule has 0 bridgehead atoms. The number of para-hydroxylation sites is 2. The van der Waals surface area contributed by atoms with Gasteiger partial charge in [0.15, 0.2) is 0 Å². The van der Waals surface area contributed by atoms with Gasteiger partial charge in [0.05, 0.1) is 11.4 Å². The summed E-state index contributed by atoms with van der Waals surface area (Å²) in [5.41, 5.74) is 16.1. The number of carbonyl (C=O) groups is 1. The molecule has 0 aliphatic rings. The van der Waals surface area contributed by atoms with E-state index in [0.717, 1.165) is 16.9 Å². The Labute approximate surface area is 146 Å². The first-order chi connectivity index (χ1) is 12.1. The molecule has 3 aromatic carbocycles. The van der Waals surface area contributed by atoms with Crippen LogP contribution in [0.4, 0.5) is 22.7 Å². The normalized spacial score (nSPS) is 10.2. The van der Waals surface area contributed by atoms with Crippen molar-refractivity contribution in [2.45, 2.75) is 6.54 Å². The minimum Gasteiger partial charge on any atom is -0.399 e. The first-order valence-electron chi connectivity index (χ1n) is 7.96. The first kappa shape index (κ1) is 16.4. The molecule has 5 heteroatoms. The lowest BCUT2D eigenvalue weighted by Crippen LogP contribution is -2.13. The number of hydrogen-bond donors (Lipinski definition) is 4. The number of nitrogens with one attached hydrogen (secondary N) is 2. The third-order valence-corrected chi connectivity index (χ3v) is 3.83. The number of benzene rings is 3. The van der Waals surface area contributed by atoms with E-state index in [1.54, 1.807) is 24.3 Å². The summed E-state index contributed by atoms with van der Waals surface area (Å²) >= 11 is 0. The number of anilines is 4. The van der Waals surface area contributed by atoms with E-state index in [9.17, 15) is 4.79 Å². The van der Waals surface area contributed by atoms with Gasteiger partial charge in [0, 0.05) is 23.5 Å². The highest BCUT2D eigenvalue weighted by molar-refractivity contribution is 6.05. The molecule has 0 saturated carbocycles. The van der Waals surface area contributed by atoms with Gasteiger partial charge in [-0.15, -0.1) is 0 Å². The Morgan fingerprint density at radius 1 is 0.840 bits per heavy atom. The average Bonchev–Trinajstić information content (AvgIpc) is 2.63. The summed E-state index contributed by atoms with van der Waals surface area (Å²) in [6.07, 6.45) is 0. The lowest BCUT2D eigenvalue weighted by molar-refractivity contribution is 0.102. The Kier molecular flexibility index (Phi) is 4.85. The second-order valence-electron chi connectivity index (χ2n) is 5.71. The highest BCUT2D eigenvalue weighted by atomic mass is 16.1. The van der Waals surface area contributed by atoms with Crippen LogP contribution < -0.4 is 22.1 Å². The van der Waals surface area contributed by atoms with E-state index in [1.165, 1.54) is 0 Å². The van der Waals surface area contributed by atoms with Crippen molar-refractivity contribution in [1.29, 1.82) is 0 Å². The van der Waals surface area contributed by atoms with Crippen molar-refractivity contribution < 1.29 is 4.79 Å². The molecule has 126 valence electrons. The van der Waals surface area contributed by atoms with Gasteiger partial charge in [-0.05, 0) is 54.1 Å². The highest BCUT2D eigenvalue weighted by Gasteiger charge is 2.07. The van der Waals surface area contributed by atoms with Crippen LogP contribution in [-0.2, 0) is 6.54 Å². The monoisotopic (exact) mass is 332 g/mol. The predicted octanol–water partition coefficient (Wildman–Crippen LogP) is 3.72. The van der Waals surface area contributed by atoms with E-state index in [0.29, 0.717) is 23.5 Å². The number of hydrogen-bond acceptors (Lipinski definition) is 4. The van der Waals surface area contributed by atoms with Crippen molar-refractivity contribution in [2.75, 3.05) is 22.1 Å². The number of rotatable bonds is 5. The molecule has 5 nitrogen and oxygen atoms in total. The molecule has 3 rings (SSSR count). The van der Waals surface area contributed by atoms with E-state index in [-0.39, 0.29) is 5.91 Å². The standard InChI is InChI=1S/C20H20N4O/c21-16-9-11-17(12-10-16)23-13-14-5-7-15(8-6-14)20(25)24-19-4-2-1-3-18(19)22/h1-12,23H,13,21-22H2,(H,24,25). The Bertz CT molecular complexity index is 858. The zero-order chi connectivity index (χ0) is 17.6. The van der Waals surface area contributed by atoms with Crippen LogP contribution in [0.5, 0.6) is 0 Å². The fourth-order valence-corrected chi connectivity index (χ4v) is 2.38. The van der Waals surface area contributed by atoms with Gasteiger partial charge in [-0.25, -0.2) is 0 Å².